The van der Waals surface area contributed by atoms with Gasteiger partial charge in [0.05, 0.1) is 11.6 Å². The van der Waals surface area contributed by atoms with Crippen molar-refractivity contribution in [1.82, 2.24) is 0 Å². The Bertz CT molecular complexity index is 616. The monoisotopic (exact) mass is 285 g/mol. The fraction of sp³-hybridized carbons (Fsp3) is 0.250. The number of aliphatic carboxylic acids is 1. The molecule has 2 rings (SSSR count). The van der Waals surface area contributed by atoms with E-state index in [-0.39, 0.29) is 13.0 Å². The molecule has 106 valence electrons. The Hall–Kier alpha value is -2.51. The van der Waals surface area contributed by atoms with E-state index in [0.717, 1.165) is 17.0 Å². The van der Waals surface area contributed by atoms with Gasteiger partial charge in [-0.05, 0) is 12.1 Å². The maximum absolute atomic E-state index is 14.0. The highest BCUT2D eigenvalue weighted by atomic mass is 19.1. The minimum atomic E-state index is -1.80. The normalized spacial score (nSPS) is 18.4. The summed E-state index contributed by atoms with van der Waals surface area (Å²) >= 11 is 0. The van der Waals surface area contributed by atoms with Crippen molar-refractivity contribution in [3.8, 4) is 0 Å². The van der Waals surface area contributed by atoms with Crippen molar-refractivity contribution in [2.24, 2.45) is 5.92 Å². The van der Waals surface area contributed by atoms with Gasteiger partial charge in [-0.15, -0.1) is 0 Å². The van der Waals surface area contributed by atoms with E-state index < -0.39 is 46.6 Å². The molecule has 0 spiro atoms. The van der Waals surface area contributed by atoms with Crippen LogP contribution in [0.3, 0.4) is 0 Å². The van der Waals surface area contributed by atoms with Crippen LogP contribution in [0.25, 0.3) is 0 Å². The highest BCUT2D eigenvalue weighted by Crippen LogP contribution is 2.30. The van der Waals surface area contributed by atoms with E-state index in [0.29, 0.717) is 0 Å². The lowest BCUT2D eigenvalue weighted by Crippen LogP contribution is -2.27. The van der Waals surface area contributed by atoms with Gasteiger partial charge < -0.3 is 15.1 Å². The summed E-state index contributed by atoms with van der Waals surface area (Å²) in [6, 6.07) is 1.64. The van der Waals surface area contributed by atoms with Crippen molar-refractivity contribution in [3.63, 3.8) is 0 Å². The van der Waals surface area contributed by atoms with Gasteiger partial charge in [-0.1, -0.05) is 0 Å². The molecule has 1 aliphatic rings. The molecule has 0 bridgehead atoms. The number of hydrogen-bond donors (Lipinski definition) is 2. The average molecular weight is 285 g/mol. The van der Waals surface area contributed by atoms with Gasteiger partial charge in [-0.3, -0.25) is 9.59 Å². The summed E-state index contributed by atoms with van der Waals surface area (Å²) < 4.78 is 27.2. The Morgan fingerprint density at radius 3 is 2.40 bits per heavy atom. The van der Waals surface area contributed by atoms with Gasteiger partial charge in [-0.2, -0.15) is 0 Å². The molecular formula is C12H9F2NO5. The second kappa shape index (κ2) is 4.87. The van der Waals surface area contributed by atoms with Gasteiger partial charge >= 0.3 is 11.9 Å². The molecule has 1 amide bonds. The number of halogens is 2. The molecule has 1 aromatic carbocycles. The third-order valence-electron chi connectivity index (χ3n) is 3.05. The molecule has 0 aliphatic carbocycles. The quantitative estimate of drug-likeness (QED) is 0.867. The summed E-state index contributed by atoms with van der Waals surface area (Å²) in [5.74, 6) is -7.32. The summed E-state index contributed by atoms with van der Waals surface area (Å²) in [5.41, 5.74) is -1.60. The van der Waals surface area contributed by atoms with E-state index in [2.05, 4.69) is 0 Å². The smallest absolute Gasteiger partial charge is 0.341 e. The van der Waals surface area contributed by atoms with Crippen molar-refractivity contribution >= 4 is 23.5 Å². The second-order valence-electron chi connectivity index (χ2n) is 4.30. The number of amides is 1. The Labute approximate surface area is 111 Å². The predicted octanol–water partition coefficient (Wildman–Crippen LogP) is 1.10. The van der Waals surface area contributed by atoms with Crippen LogP contribution in [-0.4, -0.2) is 34.6 Å². The van der Waals surface area contributed by atoms with Crippen molar-refractivity contribution in [2.45, 2.75) is 6.42 Å². The van der Waals surface area contributed by atoms with Gasteiger partial charge in [0.1, 0.15) is 11.4 Å². The first kappa shape index (κ1) is 13.9. The average Bonchev–Trinajstić information content (AvgIpc) is 2.71. The highest BCUT2D eigenvalue weighted by Gasteiger charge is 2.37. The van der Waals surface area contributed by atoms with Gasteiger partial charge in [0.25, 0.3) is 0 Å². The topological polar surface area (TPSA) is 94.9 Å². The van der Waals surface area contributed by atoms with Gasteiger partial charge in [-0.25, -0.2) is 13.6 Å². The van der Waals surface area contributed by atoms with E-state index in [1.807, 2.05) is 0 Å². The number of nitrogens with zero attached hydrogens (tertiary/aromatic N) is 1. The summed E-state index contributed by atoms with van der Waals surface area (Å²) in [4.78, 5) is 34.1. The van der Waals surface area contributed by atoms with Gasteiger partial charge in [0.15, 0.2) is 5.82 Å². The molecule has 20 heavy (non-hydrogen) atoms. The lowest BCUT2D eigenvalue weighted by atomic mass is 10.1. The van der Waals surface area contributed by atoms with Crippen LogP contribution in [0, 0.1) is 17.6 Å². The summed E-state index contributed by atoms with van der Waals surface area (Å²) in [6.07, 6.45) is -0.311. The second-order valence-corrected chi connectivity index (χ2v) is 4.30. The minimum Gasteiger partial charge on any atom is -0.481 e. The third kappa shape index (κ3) is 2.20. The summed E-state index contributed by atoms with van der Waals surface area (Å²) in [6.45, 7) is -0.282. The van der Waals surface area contributed by atoms with Crippen molar-refractivity contribution in [3.05, 3.63) is 29.3 Å². The molecule has 1 saturated heterocycles. The zero-order valence-corrected chi connectivity index (χ0v) is 9.97. The number of anilines is 1. The zero-order chi connectivity index (χ0) is 15.0. The SMILES string of the molecule is O=C(O)c1c(F)ccc(N2CC(C(=O)O)CC2=O)c1F. The Morgan fingerprint density at radius 1 is 1.25 bits per heavy atom. The van der Waals surface area contributed by atoms with Gasteiger partial charge in [0, 0.05) is 13.0 Å². The lowest BCUT2D eigenvalue weighted by molar-refractivity contribution is -0.141. The number of aromatic carboxylic acids is 1. The van der Waals surface area contributed by atoms with Crippen LogP contribution in [0.5, 0.6) is 0 Å². The van der Waals surface area contributed by atoms with Gasteiger partial charge in [0.2, 0.25) is 5.91 Å². The van der Waals surface area contributed by atoms with Crippen LogP contribution in [0.2, 0.25) is 0 Å². The first-order chi connectivity index (χ1) is 9.32. The maximum atomic E-state index is 14.0. The number of carbonyl (C=O) groups excluding carboxylic acids is 1. The van der Waals surface area contributed by atoms with Crippen LogP contribution in [0.1, 0.15) is 16.8 Å². The molecule has 2 N–H and O–H groups in total. The van der Waals surface area contributed by atoms with E-state index in [9.17, 15) is 23.2 Å². The van der Waals surface area contributed by atoms with Crippen LogP contribution in [0.15, 0.2) is 12.1 Å². The minimum absolute atomic E-state index is 0.282. The van der Waals surface area contributed by atoms with Crippen molar-refractivity contribution in [2.75, 3.05) is 11.4 Å². The Balaban J connectivity index is 2.44. The molecular weight excluding hydrogens is 276 g/mol. The zero-order valence-electron chi connectivity index (χ0n) is 9.97. The first-order valence-electron chi connectivity index (χ1n) is 5.57. The predicted molar refractivity (Wildman–Crippen MR) is 61.4 cm³/mol. The van der Waals surface area contributed by atoms with Crippen molar-refractivity contribution < 1.29 is 33.4 Å². The first-order valence-corrected chi connectivity index (χ1v) is 5.57. The standard InChI is InChI=1S/C12H9F2NO5/c13-6-1-2-7(10(14)9(6)12(19)20)15-4-5(11(17)18)3-8(15)16/h1-2,5H,3-4H2,(H,17,18)(H,19,20). The molecule has 1 fully saturated rings. The van der Waals surface area contributed by atoms with Crippen LogP contribution >= 0.6 is 0 Å². The molecule has 1 aliphatic heterocycles. The van der Waals surface area contributed by atoms with E-state index in [1.165, 1.54) is 0 Å². The van der Waals surface area contributed by atoms with Crippen LogP contribution in [0.4, 0.5) is 14.5 Å². The molecule has 1 unspecified atom stereocenters. The van der Waals surface area contributed by atoms with E-state index >= 15 is 0 Å². The highest BCUT2D eigenvalue weighted by molar-refractivity contribution is 6.00. The molecule has 6 nitrogen and oxygen atoms in total. The number of carboxylic acids is 2. The maximum Gasteiger partial charge on any atom is 0.341 e. The summed E-state index contributed by atoms with van der Waals surface area (Å²) in [7, 11) is 0. The fourth-order valence-electron chi connectivity index (χ4n) is 2.05. The molecule has 1 heterocycles. The fourth-order valence-corrected chi connectivity index (χ4v) is 2.05. The van der Waals surface area contributed by atoms with Crippen LogP contribution in [-0.2, 0) is 9.59 Å². The summed E-state index contributed by atoms with van der Waals surface area (Å²) in [5, 5.41) is 17.6. The van der Waals surface area contributed by atoms with Crippen LogP contribution < -0.4 is 4.90 Å². The number of carbonyl (C=O) groups is 3. The molecule has 1 atom stereocenters. The molecule has 0 radical (unpaired) electrons. The molecule has 1 aromatic rings. The number of hydrogen-bond acceptors (Lipinski definition) is 3. The third-order valence-corrected chi connectivity index (χ3v) is 3.05. The number of rotatable bonds is 3. The van der Waals surface area contributed by atoms with E-state index in [4.69, 9.17) is 10.2 Å². The molecule has 0 aromatic heterocycles. The number of benzene rings is 1. The largest absolute Gasteiger partial charge is 0.481 e. The molecule has 0 saturated carbocycles. The Kier molecular flexibility index (Phi) is 3.39. The van der Waals surface area contributed by atoms with Crippen molar-refractivity contribution in [1.29, 1.82) is 0 Å². The lowest BCUT2D eigenvalue weighted by Gasteiger charge is -2.18. The van der Waals surface area contributed by atoms with E-state index in [1.54, 1.807) is 0 Å². The molecule has 8 heteroatoms. The Morgan fingerprint density at radius 2 is 1.90 bits per heavy atom. The number of carboxylic acid groups (broad SMARTS) is 2.